The number of H-pyrrole nitrogens is 1. The number of aliphatic hydroxyl groups excluding tert-OH is 1. The Kier molecular flexibility index (Phi) is 6.88. The molecular formula is C35H33N7O3. The molecule has 0 spiro atoms. The smallest absolute Gasteiger partial charge is 0.279 e. The molecule has 226 valence electrons. The van der Waals surface area contributed by atoms with Crippen LogP contribution in [0.25, 0.3) is 50.1 Å². The van der Waals surface area contributed by atoms with Gasteiger partial charge in [-0.15, -0.1) is 0 Å². The van der Waals surface area contributed by atoms with Crippen molar-refractivity contribution in [1.29, 1.82) is 0 Å². The quantitative estimate of drug-likeness (QED) is 0.256. The second kappa shape index (κ2) is 11.2. The van der Waals surface area contributed by atoms with Crippen LogP contribution in [0.1, 0.15) is 42.7 Å². The van der Waals surface area contributed by atoms with Crippen LogP contribution in [0, 0.1) is 0 Å². The maximum Gasteiger partial charge on any atom is 0.279 e. The van der Waals surface area contributed by atoms with Gasteiger partial charge in [0.15, 0.2) is 0 Å². The van der Waals surface area contributed by atoms with E-state index in [9.17, 15) is 9.90 Å². The van der Waals surface area contributed by atoms with Gasteiger partial charge in [-0.1, -0.05) is 18.2 Å². The van der Waals surface area contributed by atoms with Gasteiger partial charge in [-0.3, -0.25) is 9.78 Å². The van der Waals surface area contributed by atoms with Crippen LogP contribution in [0.2, 0.25) is 0 Å². The molecule has 0 bridgehead atoms. The molecule has 0 atom stereocenters. The maximum absolute atomic E-state index is 13.6. The monoisotopic (exact) mass is 599 g/mol. The average Bonchev–Trinajstić information content (AvgIpc) is 3.83. The van der Waals surface area contributed by atoms with Gasteiger partial charge in [0.25, 0.3) is 5.56 Å². The Morgan fingerprint density at radius 1 is 0.956 bits per heavy atom. The van der Waals surface area contributed by atoms with Crippen molar-refractivity contribution in [1.82, 2.24) is 34.6 Å². The van der Waals surface area contributed by atoms with Gasteiger partial charge in [0.2, 0.25) is 0 Å². The lowest BCUT2D eigenvalue weighted by Gasteiger charge is -2.29. The summed E-state index contributed by atoms with van der Waals surface area (Å²) in [4.78, 5) is 33.1. The summed E-state index contributed by atoms with van der Waals surface area (Å²) in [7, 11) is 2.14. The van der Waals surface area contributed by atoms with E-state index in [0.717, 1.165) is 53.8 Å². The highest BCUT2D eigenvalue weighted by Crippen LogP contribution is 2.40. The summed E-state index contributed by atoms with van der Waals surface area (Å²) < 4.78 is 7.55. The van der Waals surface area contributed by atoms with E-state index in [2.05, 4.69) is 43.0 Å². The van der Waals surface area contributed by atoms with Crippen LogP contribution in [0.15, 0.2) is 78.1 Å². The van der Waals surface area contributed by atoms with Gasteiger partial charge in [-0.2, -0.15) is 9.78 Å². The molecule has 2 aromatic carbocycles. The van der Waals surface area contributed by atoms with E-state index in [1.54, 1.807) is 18.5 Å². The number of hydrogen-bond donors (Lipinski definition) is 2. The van der Waals surface area contributed by atoms with Crippen LogP contribution < -0.4 is 10.3 Å². The van der Waals surface area contributed by atoms with Crippen LogP contribution >= 0.6 is 0 Å². The van der Waals surface area contributed by atoms with E-state index >= 15 is 0 Å². The molecule has 1 aliphatic heterocycles. The SMILES string of the molecule is CN1CCC(Oc2ccc(-c3cc4c(-c5cccc(-n6ncc7cc(C8CC8)ccc7c6=O)c5CO)ncnc4[nH]3)nc2)CC1. The number of benzene rings is 2. The molecule has 45 heavy (non-hydrogen) atoms. The Bertz CT molecular complexity index is 2090. The molecule has 2 aliphatic rings. The third-order valence-electron chi connectivity index (χ3n) is 9.06. The Labute approximate surface area is 259 Å². The first-order chi connectivity index (χ1) is 22.1. The molecule has 2 fully saturated rings. The predicted molar refractivity (Wildman–Crippen MR) is 172 cm³/mol. The first kappa shape index (κ1) is 27.6. The number of rotatable bonds is 7. The number of aromatic amines is 1. The standard InChI is InChI=1S/C35H33N7O3/c1-41-13-11-24(12-14-41)45-25-8-10-30(36-18-25)31-16-28-33(37-20-38-34(28)40-31)27-3-2-4-32(29(27)19-43)42-35(44)26-9-7-22(21-5-6-21)15-23(26)17-39-42/h2-4,7-10,15-18,20-21,24,43H,5-6,11-14,19H2,1H3,(H,37,38,40). The molecule has 1 saturated heterocycles. The number of ether oxygens (including phenoxy) is 1. The molecule has 5 heterocycles. The fourth-order valence-corrected chi connectivity index (χ4v) is 6.37. The molecule has 0 amide bonds. The number of nitrogens with zero attached hydrogens (tertiary/aromatic N) is 6. The molecule has 0 unspecified atom stereocenters. The van der Waals surface area contributed by atoms with Gasteiger partial charge in [0.05, 0.1) is 47.2 Å². The van der Waals surface area contributed by atoms with Crippen LogP contribution in [0.5, 0.6) is 5.75 Å². The topological polar surface area (TPSA) is 122 Å². The normalized spacial score (nSPS) is 16.0. The van der Waals surface area contributed by atoms with Crippen molar-refractivity contribution in [2.75, 3.05) is 20.1 Å². The van der Waals surface area contributed by atoms with Crippen LogP contribution in [-0.4, -0.2) is 66.0 Å². The van der Waals surface area contributed by atoms with E-state index < -0.39 is 0 Å². The lowest BCUT2D eigenvalue weighted by Crippen LogP contribution is -2.35. The van der Waals surface area contributed by atoms with E-state index in [1.165, 1.54) is 29.4 Å². The molecule has 10 nitrogen and oxygen atoms in total. The Morgan fingerprint density at radius 3 is 2.60 bits per heavy atom. The molecule has 6 aromatic rings. The first-order valence-corrected chi connectivity index (χ1v) is 15.5. The third-order valence-corrected chi connectivity index (χ3v) is 9.06. The summed E-state index contributed by atoms with van der Waals surface area (Å²) in [5.41, 5.74) is 5.61. The fourth-order valence-electron chi connectivity index (χ4n) is 6.37. The van der Waals surface area contributed by atoms with E-state index in [-0.39, 0.29) is 18.3 Å². The second-order valence-corrected chi connectivity index (χ2v) is 12.1. The summed E-state index contributed by atoms with van der Waals surface area (Å²) in [5, 5.41) is 17.4. The Hall–Kier alpha value is -4.93. The van der Waals surface area contributed by atoms with Crippen LogP contribution in [0.4, 0.5) is 0 Å². The number of aliphatic hydroxyl groups is 1. The zero-order valence-corrected chi connectivity index (χ0v) is 25.0. The Morgan fingerprint density at radius 2 is 1.82 bits per heavy atom. The number of piperidine rings is 1. The lowest BCUT2D eigenvalue weighted by atomic mass is 10.0. The highest BCUT2D eigenvalue weighted by atomic mass is 16.5. The largest absolute Gasteiger partial charge is 0.489 e. The van der Waals surface area contributed by atoms with Crippen molar-refractivity contribution in [3.8, 4) is 34.1 Å². The summed E-state index contributed by atoms with van der Waals surface area (Å²) in [5.74, 6) is 1.35. The summed E-state index contributed by atoms with van der Waals surface area (Å²) in [6.45, 7) is 1.76. The number of pyridine rings is 1. The second-order valence-electron chi connectivity index (χ2n) is 12.1. The van der Waals surface area contributed by atoms with Gasteiger partial charge in [0, 0.05) is 35.0 Å². The van der Waals surface area contributed by atoms with Crippen molar-refractivity contribution >= 4 is 21.8 Å². The van der Waals surface area contributed by atoms with Gasteiger partial charge in [-0.25, -0.2) is 9.97 Å². The molecular weight excluding hydrogens is 566 g/mol. The van der Waals surface area contributed by atoms with Crippen LogP contribution in [0.3, 0.4) is 0 Å². The molecule has 1 aliphatic carbocycles. The number of fused-ring (bicyclic) bond motifs is 2. The van der Waals surface area contributed by atoms with Gasteiger partial charge < -0.3 is 19.7 Å². The van der Waals surface area contributed by atoms with Crippen molar-refractivity contribution in [3.05, 3.63) is 94.8 Å². The van der Waals surface area contributed by atoms with Gasteiger partial charge in [-0.05, 0) is 80.6 Å². The molecule has 0 radical (unpaired) electrons. The fraction of sp³-hybridized carbons (Fsp3) is 0.286. The number of hydrogen-bond acceptors (Lipinski definition) is 8. The minimum absolute atomic E-state index is 0.206. The molecule has 1 saturated carbocycles. The highest BCUT2D eigenvalue weighted by Gasteiger charge is 2.24. The molecule has 4 aromatic heterocycles. The predicted octanol–water partition coefficient (Wildman–Crippen LogP) is 5.23. The Balaban J connectivity index is 1.13. The highest BCUT2D eigenvalue weighted by molar-refractivity contribution is 5.95. The maximum atomic E-state index is 13.6. The number of nitrogens with one attached hydrogen (secondary N) is 1. The van der Waals surface area contributed by atoms with E-state index in [1.807, 2.05) is 42.5 Å². The van der Waals surface area contributed by atoms with E-state index in [4.69, 9.17) is 4.74 Å². The third kappa shape index (κ3) is 5.15. The molecule has 8 rings (SSSR count). The van der Waals surface area contributed by atoms with Crippen molar-refractivity contribution in [2.24, 2.45) is 0 Å². The van der Waals surface area contributed by atoms with Crippen LogP contribution in [-0.2, 0) is 6.61 Å². The number of aromatic nitrogens is 6. The average molecular weight is 600 g/mol. The number of likely N-dealkylation sites (tertiary alicyclic amines) is 1. The molecule has 2 N–H and O–H groups in total. The summed E-state index contributed by atoms with van der Waals surface area (Å²) in [6, 6.07) is 17.4. The van der Waals surface area contributed by atoms with E-state index in [0.29, 0.717) is 39.5 Å². The van der Waals surface area contributed by atoms with Gasteiger partial charge in [0.1, 0.15) is 23.8 Å². The first-order valence-electron chi connectivity index (χ1n) is 15.5. The van der Waals surface area contributed by atoms with Gasteiger partial charge >= 0.3 is 0 Å². The van der Waals surface area contributed by atoms with Crippen molar-refractivity contribution in [2.45, 2.75) is 44.3 Å². The lowest BCUT2D eigenvalue weighted by molar-refractivity contribution is 0.114. The zero-order chi connectivity index (χ0) is 30.5. The summed E-state index contributed by atoms with van der Waals surface area (Å²) in [6.07, 6.45) is 9.59. The summed E-state index contributed by atoms with van der Waals surface area (Å²) >= 11 is 0. The minimum atomic E-state index is -0.304. The van der Waals surface area contributed by atoms with Crippen molar-refractivity contribution in [3.63, 3.8) is 0 Å². The minimum Gasteiger partial charge on any atom is -0.489 e. The molecule has 10 heteroatoms. The zero-order valence-electron chi connectivity index (χ0n) is 25.0. The van der Waals surface area contributed by atoms with Crippen molar-refractivity contribution < 1.29 is 9.84 Å².